The van der Waals surface area contributed by atoms with Crippen LogP contribution in [0.4, 0.5) is 33.2 Å². The van der Waals surface area contributed by atoms with Gasteiger partial charge in [-0.15, -0.1) is 0 Å². The highest BCUT2D eigenvalue weighted by Gasteiger charge is 2.22. The zero-order chi connectivity index (χ0) is 19.5. The molecule has 1 aliphatic rings. The molecule has 3 N–H and O–H groups in total. The Balaban J connectivity index is 1.48. The van der Waals surface area contributed by atoms with Crippen LogP contribution in [0.5, 0.6) is 0 Å². The van der Waals surface area contributed by atoms with E-state index in [4.69, 9.17) is 5.73 Å². The molecule has 0 unspecified atom stereocenters. The maximum atomic E-state index is 14.0. The number of nitrogens with one attached hydrogen (secondary N) is 1. The Morgan fingerprint density at radius 1 is 0.964 bits per heavy atom. The molecule has 0 atom stereocenters. The van der Waals surface area contributed by atoms with Crippen LogP contribution in [0.25, 0.3) is 0 Å². The highest BCUT2D eigenvalue weighted by molar-refractivity contribution is 9.10. The predicted molar refractivity (Wildman–Crippen MR) is 112 cm³/mol. The van der Waals surface area contributed by atoms with E-state index in [0.717, 1.165) is 4.47 Å². The van der Waals surface area contributed by atoms with Gasteiger partial charge in [-0.1, -0.05) is 12.1 Å². The van der Waals surface area contributed by atoms with Crippen LogP contribution >= 0.6 is 15.9 Å². The third kappa shape index (κ3) is 3.84. The Morgan fingerprint density at radius 2 is 1.71 bits per heavy atom. The summed E-state index contributed by atoms with van der Waals surface area (Å²) < 4.78 is 14.9. The molecule has 1 saturated heterocycles. The van der Waals surface area contributed by atoms with Crippen molar-refractivity contribution in [2.45, 2.75) is 0 Å². The summed E-state index contributed by atoms with van der Waals surface area (Å²) in [5, 5.41) is 3.13. The number of hydrogen-bond acceptors (Lipinski definition) is 7. The largest absolute Gasteiger partial charge is 0.393 e. The molecule has 7 nitrogen and oxygen atoms in total. The minimum absolute atomic E-state index is 0.203. The standard InChI is InChI=1S/C19H19BrFN7/c20-13-5-6-16(23-11-13)26-18-17(22)19(25-12-24-18)28-9-7-27(8-10-28)15-4-2-1-3-14(15)21/h1-6,11-12H,7-10,22H2,(H,23,24,25,26). The lowest BCUT2D eigenvalue weighted by molar-refractivity contribution is 0.596. The fraction of sp³-hybridized carbons (Fsp3) is 0.211. The van der Waals surface area contributed by atoms with Crippen molar-refractivity contribution < 1.29 is 4.39 Å². The third-order valence-corrected chi connectivity index (χ3v) is 5.08. The second kappa shape index (κ2) is 7.97. The number of anilines is 5. The fourth-order valence-corrected chi connectivity index (χ4v) is 3.41. The summed E-state index contributed by atoms with van der Waals surface area (Å²) in [6.07, 6.45) is 3.18. The number of para-hydroxylation sites is 1. The lowest BCUT2D eigenvalue weighted by Crippen LogP contribution is -2.47. The maximum absolute atomic E-state index is 14.0. The van der Waals surface area contributed by atoms with E-state index in [1.54, 1.807) is 18.3 Å². The molecular formula is C19H19BrFN7. The van der Waals surface area contributed by atoms with Gasteiger partial charge in [0.25, 0.3) is 0 Å². The molecule has 3 heterocycles. The van der Waals surface area contributed by atoms with E-state index in [0.29, 0.717) is 55.0 Å². The highest BCUT2D eigenvalue weighted by atomic mass is 79.9. The van der Waals surface area contributed by atoms with Crippen LogP contribution in [0.1, 0.15) is 0 Å². The van der Waals surface area contributed by atoms with E-state index >= 15 is 0 Å². The van der Waals surface area contributed by atoms with Gasteiger partial charge < -0.3 is 20.9 Å². The third-order valence-electron chi connectivity index (χ3n) is 4.61. The first-order chi connectivity index (χ1) is 13.6. The SMILES string of the molecule is Nc1c(Nc2ccc(Br)cn2)ncnc1N1CCN(c2ccccc2F)CC1. The quantitative estimate of drug-likeness (QED) is 0.638. The van der Waals surface area contributed by atoms with E-state index in [2.05, 4.69) is 41.1 Å². The van der Waals surface area contributed by atoms with E-state index in [-0.39, 0.29) is 5.82 Å². The second-order valence-corrected chi connectivity index (χ2v) is 7.29. The summed E-state index contributed by atoms with van der Waals surface area (Å²) in [5.74, 6) is 1.62. The van der Waals surface area contributed by atoms with Crippen molar-refractivity contribution >= 4 is 44.8 Å². The minimum atomic E-state index is -0.203. The molecule has 0 aliphatic carbocycles. The first kappa shape index (κ1) is 18.4. The molecule has 0 radical (unpaired) electrons. The molecule has 0 amide bonds. The van der Waals surface area contributed by atoms with Crippen molar-refractivity contribution in [1.29, 1.82) is 0 Å². The van der Waals surface area contributed by atoms with E-state index in [9.17, 15) is 4.39 Å². The molecule has 0 bridgehead atoms. The van der Waals surface area contributed by atoms with Gasteiger partial charge in [0.2, 0.25) is 0 Å². The first-order valence-electron chi connectivity index (χ1n) is 8.85. The predicted octanol–water partition coefficient (Wildman–Crippen LogP) is 3.43. The fourth-order valence-electron chi connectivity index (χ4n) is 3.18. The summed E-state index contributed by atoms with van der Waals surface area (Å²) in [7, 11) is 0. The first-order valence-corrected chi connectivity index (χ1v) is 9.64. The van der Waals surface area contributed by atoms with Gasteiger partial charge in [-0.05, 0) is 40.2 Å². The van der Waals surface area contributed by atoms with E-state index < -0.39 is 0 Å². The van der Waals surface area contributed by atoms with Crippen molar-refractivity contribution in [2.75, 3.05) is 47.0 Å². The molecule has 144 valence electrons. The van der Waals surface area contributed by atoms with Gasteiger partial charge in [-0.3, -0.25) is 0 Å². The summed E-state index contributed by atoms with van der Waals surface area (Å²) in [4.78, 5) is 17.0. The van der Waals surface area contributed by atoms with Gasteiger partial charge >= 0.3 is 0 Å². The van der Waals surface area contributed by atoms with E-state index in [1.807, 2.05) is 23.1 Å². The van der Waals surface area contributed by atoms with Gasteiger partial charge in [0.1, 0.15) is 23.6 Å². The molecule has 1 aliphatic heterocycles. The lowest BCUT2D eigenvalue weighted by atomic mass is 10.2. The van der Waals surface area contributed by atoms with Crippen LogP contribution in [-0.2, 0) is 0 Å². The maximum Gasteiger partial charge on any atom is 0.160 e. The number of benzene rings is 1. The van der Waals surface area contributed by atoms with Gasteiger partial charge in [0.15, 0.2) is 11.6 Å². The zero-order valence-corrected chi connectivity index (χ0v) is 16.6. The smallest absolute Gasteiger partial charge is 0.160 e. The topological polar surface area (TPSA) is 83.2 Å². The van der Waals surface area contributed by atoms with Crippen molar-refractivity contribution in [1.82, 2.24) is 15.0 Å². The van der Waals surface area contributed by atoms with Crippen molar-refractivity contribution in [3.63, 3.8) is 0 Å². The minimum Gasteiger partial charge on any atom is -0.393 e. The van der Waals surface area contributed by atoms with Crippen LogP contribution in [0.15, 0.2) is 53.4 Å². The summed E-state index contributed by atoms with van der Waals surface area (Å²) in [5.41, 5.74) is 7.41. The molecule has 1 aromatic carbocycles. The molecule has 1 fully saturated rings. The number of nitrogen functional groups attached to an aromatic ring is 1. The number of halogens is 2. The zero-order valence-electron chi connectivity index (χ0n) is 15.0. The number of piperazine rings is 1. The Hall–Kier alpha value is -2.94. The molecule has 28 heavy (non-hydrogen) atoms. The average molecular weight is 444 g/mol. The summed E-state index contributed by atoms with van der Waals surface area (Å²) in [6, 6.07) is 10.6. The molecule has 9 heteroatoms. The summed E-state index contributed by atoms with van der Waals surface area (Å²) >= 11 is 3.36. The second-order valence-electron chi connectivity index (χ2n) is 6.37. The molecule has 0 spiro atoms. The molecule has 0 saturated carbocycles. The van der Waals surface area contributed by atoms with Crippen LogP contribution in [-0.4, -0.2) is 41.1 Å². The number of rotatable bonds is 4. The number of pyridine rings is 1. The van der Waals surface area contributed by atoms with Gasteiger partial charge in [0.05, 0.1) is 5.69 Å². The van der Waals surface area contributed by atoms with Gasteiger partial charge in [0, 0.05) is 36.8 Å². The molecule has 3 aromatic rings. The van der Waals surface area contributed by atoms with Crippen LogP contribution < -0.4 is 20.9 Å². The van der Waals surface area contributed by atoms with Crippen LogP contribution in [0.2, 0.25) is 0 Å². The van der Waals surface area contributed by atoms with Crippen LogP contribution in [0, 0.1) is 5.82 Å². The normalized spacial score (nSPS) is 14.2. The molecular weight excluding hydrogens is 425 g/mol. The number of hydrogen-bond donors (Lipinski definition) is 2. The Labute approximate surface area is 170 Å². The van der Waals surface area contributed by atoms with Crippen molar-refractivity contribution in [2.24, 2.45) is 0 Å². The Morgan fingerprint density at radius 3 is 2.43 bits per heavy atom. The Kier molecular flexibility index (Phi) is 5.25. The van der Waals surface area contributed by atoms with Gasteiger partial charge in [-0.25, -0.2) is 19.3 Å². The number of nitrogens with zero attached hydrogens (tertiary/aromatic N) is 5. The monoisotopic (exact) mass is 443 g/mol. The molecule has 4 rings (SSSR count). The Bertz CT molecular complexity index is 959. The molecule has 2 aromatic heterocycles. The number of nitrogens with two attached hydrogens (primary N) is 1. The lowest BCUT2D eigenvalue weighted by Gasteiger charge is -2.37. The van der Waals surface area contributed by atoms with Gasteiger partial charge in [-0.2, -0.15) is 0 Å². The van der Waals surface area contributed by atoms with Crippen LogP contribution in [0.3, 0.4) is 0 Å². The van der Waals surface area contributed by atoms with E-state index in [1.165, 1.54) is 12.4 Å². The highest BCUT2D eigenvalue weighted by Crippen LogP contribution is 2.30. The average Bonchev–Trinajstić information content (AvgIpc) is 2.72. The summed E-state index contributed by atoms with van der Waals surface area (Å²) in [6.45, 7) is 2.74. The van der Waals surface area contributed by atoms with Crippen molar-refractivity contribution in [3.05, 3.63) is 59.2 Å². The van der Waals surface area contributed by atoms with Crippen molar-refractivity contribution in [3.8, 4) is 0 Å². The number of aromatic nitrogens is 3.